The fourth-order valence-electron chi connectivity index (χ4n) is 2.39. The lowest BCUT2D eigenvalue weighted by atomic mass is 9.85. The zero-order chi connectivity index (χ0) is 14.0. The van der Waals surface area contributed by atoms with E-state index in [2.05, 4.69) is 9.69 Å². The molecule has 4 N–H and O–H groups in total. The summed E-state index contributed by atoms with van der Waals surface area (Å²) < 4.78 is 3.97. The second kappa shape index (κ2) is 5.66. The monoisotopic (exact) mass is 283 g/mol. The lowest BCUT2D eigenvalue weighted by Crippen LogP contribution is -2.34. The first-order valence-corrected chi connectivity index (χ1v) is 7.02. The molecule has 1 saturated carbocycles. The molecule has 0 spiro atoms. The van der Waals surface area contributed by atoms with Gasteiger partial charge in [-0.3, -0.25) is 4.79 Å². The average molecular weight is 283 g/mol. The van der Waals surface area contributed by atoms with E-state index in [1.165, 1.54) is 0 Å². The van der Waals surface area contributed by atoms with Crippen molar-refractivity contribution in [3.8, 4) is 0 Å². The Balaban J connectivity index is 2.08. The second-order valence-corrected chi connectivity index (χ2v) is 5.66. The molecule has 1 aromatic heterocycles. The molecule has 7 heteroatoms. The molecule has 2 rings (SSSR count). The van der Waals surface area contributed by atoms with Crippen LogP contribution in [0.2, 0.25) is 0 Å². The largest absolute Gasteiger partial charge is 0.478 e. The normalized spacial score (nSPS) is 23.1. The second-order valence-electron chi connectivity index (χ2n) is 4.89. The number of aromatic nitrogens is 1. The first-order chi connectivity index (χ1) is 8.99. The first-order valence-electron chi connectivity index (χ1n) is 6.25. The zero-order valence-corrected chi connectivity index (χ0v) is 11.5. The Morgan fingerprint density at radius 1 is 1.47 bits per heavy atom. The molecule has 0 bridgehead atoms. The molecule has 0 saturated heterocycles. The number of carbonyl (C=O) groups excluding carboxylic acids is 1. The zero-order valence-electron chi connectivity index (χ0n) is 10.7. The fourth-order valence-corrected chi connectivity index (χ4v) is 3.18. The highest BCUT2D eigenvalue weighted by molar-refractivity contribution is 7.11. The van der Waals surface area contributed by atoms with E-state index in [4.69, 9.17) is 10.8 Å². The van der Waals surface area contributed by atoms with Gasteiger partial charge in [0.2, 0.25) is 5.91 Å². The van der Waals surface area contributed by atoms with Crippen molar-refractivity contribution in [3.63, 3.8) is 0 Å². The van der Waals surface area contributed by atoms with Crippen LogP contribution >= 0.6 is 11.5 Å². The van der Waals surface area contributed by atoms with Crippen LogP contribution < -0.4 is 11.1 Å². The highest BCUT2D eigenvalue weighted by Gasteiger charge is 2.27. The number of carboxylic acid groups (broad SMARTS) is 1. The summed E-state index contributed by atoms with van der Waals surface area (Å²) in [5, 5.41) is 12.1. The molecule has 1 amide bonds. The Morgan fingerprint density at radius 2 is 2.21 bits per heavy atom. The van der Waals surface area contributed by atoms with E-state index in [9.17, 15) is 9.59 Å². The molecule has 104 valence electrons. The lowest BCUT2D eigenvalue weighted by molar-refractivity contribution is -0.120. The Kier molecular flexibility index (Phi) is 4.16. The van der Waals surface area contributed by atoms with Crippen molar-refractivity contribution < 1.29 is 14.7 Å². The highest BCUT2D eigenvalue weighted by Crippen LogP contribution is 2.28. The van der Waals surface area contributed by atoms with Crippen molar-refractivity contribution in [2.45, 2.75) is 38.6 Å². The summed E-state index contributed by atoms with van der Waals surface area (Å²) >= 11 is 1.00. The predicted molar refractivity (Wildman–Crippen MR) is 72.4 cm³/mol. The van der Waals surface area contributed by atoms with Gasteiger partial charge in [0.05, 0.1) is 5.69 Å². The Bertz CT molecular complexity index is 500. The Labute approximate surface area is 115 Å². The maximum absolute atomic E-state index is 12.1. The van der Waals surface area contributed by atoms with Gasteiger partial charge in [-0.2, -0.15) is 4.37 Å². The predicted octanol–water partition coefficient (Wildman–Crippen LogP) is 1.61. The number of hydrogen-bond donors (Lipinski definition) is 3. The summed E-state index contributed by atoms with van der Waals surface area (Å²) in [4.78, 5) is 23.2. The summed E-state index contributed by atoms with van der Waals surface area (Å²) in [6, 6.07) is 0.0617. The van der Waals surface area contributed by atoms with E-state index in [1.54, 1.807) is 6.92 Å². The minimum absolute atomic E-state index is 0.0617. The molecular formula is C12H17N3O3S. The molecule has 1 aliphatic rings. The molecular weight excluding hydrogens is 266 g/mol. The van der Waals surface area contributed by atoms with Crippen molar-refractivity contribution in [2.75, 3.05) is 5.32 Å². The van der Waals surface area contributed by atoms with Gasteiger partial charge in [0.1, 0.15) is 10.6 Å². The standard InChI is InChI=1S/C12H17N3O3S/c1-6-9(12(17)18)11(19-15-6)14-10(16)7-3-2-4-8(13)5-7/h7-8H,2-5,13H2,1H3,(H,14,16)(H,17,18). The van der Waals surface area contributed by atoms with Crippen LogP contribution in [0.5, 0.6) is 0 Å². The number of amides is 1. The molecule has 1 heterocycles. The van der Waals surface area contributed by atoms with E-state index in [-0.39, 0.29) is 23.4 Å². The number of anilines is 1. The number of nitrogens with one attached hydrogen (secondary N) is 1. The average Bonchev–Trinajstić information content (AvgIpc) is 2.70. The number of carbonyl (C=O) groups is 2. The van der Waals surface area contributed by atoms with E-state index in [0.29, 0.717) is 17.1 Å². The number of nitrogens with zero attached hydrogens (tertiary/aromatic N) is 1. The number of hydrogen-bond acceptors (Lipinski definition) is 5. The summed E-state index contributed by atoms with van der Waals surface area (Å²) in [5.74, 6) is -1.35. The Morgan fingerprint density at radius 3 is 2.84 bits per heavy atom. The summed E-state index contributed by atoms with van der Waals surface area (Å²) in [6.45, 7) is 1.62. The third-order valence-electron chi connectivity index (χ3n) is 3.40. The van der Waals surface area contributed by atoms with E-state index in [0.717, 1.165) is 30.8 Å². The van der Waals surface area contributed by atoms with Crippen LogP contribution in [0.1, 0.15) is 41.7 Å². The summed E-state index contributed by atoms with van der Waals surface area (Å²) in [7, 11) is 0. The molecule has 1 aromatic rings. The number of aromatic carboxylic acids is 1. The quantitative estimate of drug-likeness (QED) is 0.781. The molecule has 2 atom stereocenters. The molecule has 1 aliphatic carbocycles. The number of nitrogens with two attached hydrogens (primary N) is 1. The fraction of sp³-hybridized carbons (Fsp3) is 0.583. The summed E-state index contributed by atoms with van der Waals surface area (Å²) in [5.41, 5.74) is 6.36. The number of aryl methyl sites for hydroxylation is 1. The highest BCUT2D eigenvalue weighted by atomic mass is 32.1. The molecule has 0 aliphatic heterocycles. The van der Waals surface area contributed by atoms with Gasteiger partial charge in [-0.1, -0.05) is 6.42 Å². The van der Waals surface area contributed by atoms with Crippen LogP contribution in [-0.4, -0.2) is 27.4 Å². The number of carboxylic acids is 1. The molecule has 0 aromatic carbocycles. The van der Waals surface area contributed by atoms with Crippen molar-refractivity contribution >= 4 is 28.4 Å². The minimum atomic E-state index is -1.07. The molecule has 0 radical (unpaired) electrons. The SMILES string of the molecule is Cc1nsc(NC(=O)C2CCCC(N)C2)c1C(=O)O. The third kappa shape index (κ3) is 3.10. The van der Waals surface area contributed by atoms with Gasteiger partial charge in [-0.15, -0.1) is 0 Å². The maximum Gasteiger partial charge on any atom is 0.340 e. The third-order valence-corrected chi connectivity index (χ3v) is 4.25. The van der Waals surface area contributed by atoms with Crippen molar-refractivity contribution in [1.82, 2.24) is 4.37 Å². The van der Waals surface area contributed by atoms with E-state index < -0.39 is 5.97 Å². The van der Waals surface area contributed by atoms with Gasteiger partial charge in [0.15, 0.2) is 0 Å². The van der Waals surface area contributed by atoms with E-state index >= 15 is 0 Å². The molecule has 19 heavy (non-hydrogen) atoms. The Hall–Kier alpha value is -1.47. The van der Waals surface area contributed by atoms with Gasteiger partial charge in [0, 0.05) is 12.0 Å². The van der Waals surface area contributed by atoms with Crippen molar-refractivity contribution in [3.05, 3.63) is 11.3 Å². The van der Waals surface area contributed by atoms with Gasteiger partial charge in [-0.05, 0) is 37.7 Å². The molecule has 2 unspecified atom stereocenters. The van der Waals surface area contributed by atoms with Crippen LogP contribution in [0, 0.1) is 12.8 Å². The van der Waals surface area contributed by atoms with Crippen molar-refractivity contribution in [2.24, 2.45) is 11.7 Å². The molecule has 6 nitrogen and oxygen atoms in total. The lowest BCUT2D eigenvalue weighted by Gasteiger charge is -2.25. The summed E-state index contributed by atoms with van der Waals surface area (Å²) in [6.07, 6.45) is 3.35. The van der Waals surface area contributed by atoms with Crippen LogP contribution in [0.25, 0.3) is 0 Å². The van der Waals surface area contributed by atoms with Gasteiger partial charge < -0.3 is 16.2 Å². The maximum atomic E-state index is 12.1. The molecule has 1 fully saturated rings. The van der Waals surface area contributed by atoms with Crippen LogP contribution in [0.4, 0.5) is 5.00 Å². The smallest absolute Gasteiger partial charge is 0.340 e. The first kappa shape index (κ1) is 14.0. The number of rotatable bonds is 3. The van der Waals surface area contributed by atoms with E-state index in [1.807, 2.05) is 0 Å². The van der Waals surface area contributed by atoms with Crippen molar-refractivity contribution in [1.29, 1.82) is 0 Å². The van der Waals surface area contributed by atoms with Gasteiger partial charge in [-0.25, -0.2) is 4.79 Å². The van der Waals surface area contributed by atoms with Crippen LogP contribution in [0.3, 0.4) is 0 Å². The minimum Gasteiger partial charge on any atom is -0.478 e. The van der Waals surface area contributed by atoms with Crippen LogP contribution in [-0.2, 0) is 4.79 Å². The van der Waals surface area contributed by atoms with Gasteiger partial charge in [0.25, 0.3) is 0 Å². The van der Waals surface area contributed by atoms with Crippen LogP contribution in [0.15, 0.2) is 0 Å². The van der Waals surface area contributed by atoms with Gasteiger partial charge >= 0.3 is 5.97 Å². The topological polar surface area (TPSA) is 105 Å².